The van der Waals surface area contributed by atoms with E-state index in [2.05, 4.69) is 12.3 Å². The molecule has 0 aromatic heterocycles. The standard InChI is InChI=1S/C13H20FN3O/c1-4-6-9(2)17(3)13(18)10-7-5-8-11(14)12(10)16-15/h5,7-9,16H,4,6,15H2,1-3H3. The van der Waals surface area contributed by atoms with Gasteiger partial charge in [-0.05, 0) is 25.5 Å². The van der Waals surface area contributed by atoms with Crippen LogP contribution < -0.4 is 11.3 Å². The lowest BCUT2D eigenvalue weighted by Crippen LogP contribution is -2.35. The predicted molar refractivity (Wildman–Crippen MR) is 70.7 cm³/mol. The van der Waals surface area contributed by atoms with E-state index in [1.54, 1.807) is 18.0 Å². The summed E-state index contributed by atoms with van der Waals surface area (Å²) in [5.41, 5.74) is 2.54. The molecule has 1 aromatic rings. The number of anilines is 1. The van der Waals surface area contributed by atoms with Gasteiger partial charge < -0.3 is 10.3 Å². The van der Waals surface area contributed by atoms with Crippen LogP contribution in [0, 0.1) is 5.82 Å². The zero-order valence-corrected chi connectivity index (χ0v) is 11.0. The van der Waals surface area contributed by atoms with Crippen molar-refractivity contribution in [1.82, 2.24) is 4.90 Å². The maximum Gasteiger partial charge on any atom is 0.256 e. The summed E-state index contributed by atoms with van der Waals surface area (Å²) in [5.74, 6) is 4.50. The highest BCUT2D eigenvalue weighted by Crippen LogP contribution is 2.21. The summed E-state index contributed by atoms with van der Waals surface area (Å²) in [6, 6.07) is 4.44. The molecule has 1 aromatic carbocycles. The molecule has 0 bridgehead atoms. The first kappa shape index (κ1) is 14.4. The fraction of sp³-hybridized carbons (Fsp3) is 0.462. The van der Waals surface area contributed by atoms with Crippen LogP contribution in [-0.4, -0.2) is 23.9 Å². The smallest absolute Gasteiger partial charge is 0.256 e. The van der Waals surface area contributed by atoms with Gasteiger partial charge in [-0.25, -0.2) is 4.39 Å². The second kappa shape index (κ2) is 6.35. The maximum absolute atomic E-state index is 13.5. The van der Waals surface area contributed by atoms with Crippen molar-refractivity contribution in [3.05, 3.63) is 29.6 Å². The van der Waals surface area contributed by atoms with Crippen molar-refractivity contribution in [3.63, 3.8) is 0 Å². The minimum Gasteiger partial charge on any atom is -0.339 e. The zero-order valence-electron chi connectivity index (χ0n) is 11.0. The molecule has 0 radical (unpaired) electrons. The van der Waals surface area contributed by atoms with E-state index in [1.165, 1.54) is 12.1 Å². The minimum absolute atomic E-state index is 0.0399. The van der Waals surface area contributed by atoms with E-state index < -0.39 is 5.82 Å². The summed E-state index contributed by atoms with van der Waals surface area (Å²) in [6.07, 6.45) is 1.90. The number of amides is 1. The normalized spacial score (nSPS) is 12.1. The van der Waals surface area contributed by atoms with Gasteiger partial charge in [0.15, 0.2) is 0 Å². The molecular weight excluding hydrogens is 233 g/mol. The highest BCUT2D eigenvalue weighted by Gasteiger charge is 2.21. The molecule has 0 heterocycles. The van der Waals surface area contributed by atoms with Crippen LogP contribution in [0.3, 0.4) is 0 Å². The quantitative estimate of drug-likeness (QED) is 0.625. The number of nitrogens with two attached hydrogens (primary N) is 1. The van der Waals surface area contributed by atoms with Crippen LogP contribution in [0.2, 0.25) is 0 Å². The molecule has 0 spiro atoms. The second-order valence-corrected chi connectivity index (χ2v) is 4.36. The van der Waals surface area contributed by atoms with Gasteiger partial charge in [-0.3, -0.25) is 10.6 Å². The number of nitrogens with one attached hydrogen (secondary N) is 1. The molecule has 3 N–H and O–H groups in total. The van der Waals surface area contributed by atoms with Crippen LogP contribution in [-0.2, 0) is 0 Å². The number of carbonyl (C=O) groups excluding carboxylic acids is 1. The predicted octanol–water partition coefficient (Wildman–Crippen LogP) is 2.37. The second-order valence-electron chi connectivity index (χ2n) is 4.36. The van der Waals surface area contributed by atoms with E-state index in [-0.39, 0.29) is 23.2 Å². The molecule has 1 amide bonds. The van der Waals surface area contributed by atoms with Crippen LogP contribution in [0.15, 0.2) is 18.2 Å². The maximum atomic E-state index is 13.5. The van der Waals surface area contributed by atoms with E-state index in [4.69, 9.17) is 5.84 Å². The molecule has 1 unspecified atom stereocenters. The van der Waals surface area contributed by atoms with Crippen molar-refractivity contribution in [2.75, 3.05) is 12.5 Å². The summed E-state index contributed by atoms with van der Waals surface area (Å²) in [5, 5.41) is 0. The number of hydrazine groups is 1. The SMILES string of the molecule is CCCC(C)N(C)C(=O)c1cccc(F)c1NN. The fourth-order valence-electron chi connectivity index (χ4n) is 1.85. The monoisotopic (exact) mass is 253 g/mol. The Morgan fingerprint density at radius 2 is 2.22 bits per heavy atom. The van der Waals surface area contributed by atoms with Gasteiger partial charge in [0.25, 0.3) is 5.91 Å². The number of hydrogen-bond donors (Lipinski definition) is 2. The van der Waals surface area contributed by atoms with Gasteiger partial charge in [0, 0.05) is 13.1 Å². The molecule has 0 aliphatic rings. The molecule has 100 valence electrons. The minimum atomic E-state index is -0.528. The van der Waals surface area contributed by atoms with Gasteiger partial charge in [0.05, 0.1) is 11.3 Å². The van der Waals surface area contributed by atoms with Gasteiger partial charge in [0.1, 0.15) is 5.82 Å². The highest BCUT2D eigenvalue weighted by atomic mass is 19.1. The summed E-state index contributed by atoms with van der Waals surface area (Å²) >= 11 is 0. The molecule has 4 nitrogen and oxygen atoms in total. The summed E-state index contributed by atoms with van der Waals surface area (Å²) in [4.78, 5) is 13.9. The number of para-hydroxylation sites is 1. The number of carbonyl (C=O) groups is 1. The van der Waals surface area contributed by atoms with Gasteiger partial charge >= 0.3 is 0 Å². The Bertz CT molecular complexity index is 423. The number of halogens is 1. The number of nitrogens with zero attached hydrogens (tertiary/aromatic N) is 1. The molecule has 0 saturated heterocycles. The lowest BCUT2D eigenvalue weighted by molar-refractivity contribution is 0.0737. The van der Waals surface area contributed by atoms with Gasteiger partial charge in [0.2, 0.25) is 0 Å². The van der Waals surface area contributed by atoms with Crippen molar-refractivity contribution in [2.24, 2.45) is 5.84 Å². The van der Waals surface area contributed by atoms with Gasteiger partial charge in [-0.15, -0.1) is 0 Å². The van der Waals surface area contributed by atoms with Gasteiger partial charge in [-0.2, -0.15) is 0 Å². The first-order chi connectivity index (χ1) is 8.52. The first-order valence-corrected chi connectivity index (χ1v) is 6.05. The van der Waals surface area contributed by atoms with E-state index >= 15 is 0 Å². The van der Waals surface area contributed by atoms with Gasteiger partial charge in [-0.1, -0.05) is 19.4 Å². The third-order valence-corrected chi connectivity index (χ3v) is 3.08. The molecule has 0 aliphatic heterocycles. The lowest BCUT2D eigenvalue weighted by Gasteiger charge is -2.25. The Morgan fingerprint density at radius 1 is 1.56 bits per heavy atom. The summed E-state index contributed by atoms with van der Waals surface area (Å²) < 4.78 is 13.5. The van der Waals surface area contributed by atoms with Crippen molar-refractivity contribution < 1.29 is 9.18 Å². The molecule has 0 saturated carbocycles. The molecule has 1 atom stereocenters. The molecule has 0 aliphatic carbocycles. The molecular formula is C13H20FN3O. The number of hydrogen-bond acceptors (Lipinski definition) is 3. The first-order valence-electron chi connectivity index (χ1n) is 6.05. The highest BCUT2D eigenvalue weighted by molar-refractivity contribution is 5.99. The third kappa shape index (κ3) is 2.98. The summed E-state index contributed by atoms with van der Waals surface area (Å²) in [7, 11) is 1.72. The Balaban J connectivity index is 3.00. The molecule has 5 heteroatoms. The van der Waals surface area contributed by atoms with Crippen molar-refractivity contribution in [3.8, 4) is 0 Å². The summed E-state index contributed by atoms with van der Waals surface area (Å²) in [6.45, 7) is 4.03. The van der Waals surface area contributed by atoms with E-state index in [9.17, 15) is 9.18 Å². The van der Waals surface area contributed by atoms with Crippen LogP contribution in [0.5, 0.6) is 0 Å². The fourth-order valence-corrected chi connectivity index (χ4v) is 1.85. The Hall–Kier alpha value is -1.62. The van der Waals surface area contributed by atoms with Crippen LogP contribution in [0.25, 0.3) is 0 Å². The number of benzene rings is 1. The average Bonchev–Trinajstić information content (AvgIpc) is 2.37. The molecule has 1 rings (SSSR count). The third-order valence-electron chi connectivity index (χ3n) is 3.08. The lowest BCUT2D eigenvalue weighted by atomic mass is 10.1. The van der Waals surface area contributed by atoms with Crippen LogP contribution in [0.1, 0.15) is 37.0 Å². The zero-order chi connectivity index (χ0) is 13.7. The van der Waals surface area contributed by atoms with Crippen molar-refractivity contribution in [2.45, 2.75) is 32.7 Å². The largest absolute Gasteiger partial charge is 0.339 e. The number of nitrogen functional groups attached to an aromatic ring is 1. The topological polar surface area (TPSA) is 58.4 Å². The Kier molecular flexibility index (Phi) is 5.09. The Morgan fingerprint density at radius 3 is 2.78 bits per heavy atom. The van der Waals surface area contributed by atoms with E-state index in [1.807, 2.05) is 6.92 Å². The van der Waals surface area contributed by atoms with Crippen molar-refractivity contribution in [1.29, 1.82) is 0 Å². The average molecular weight is 253 g/mol. The van der Waals surface area contributed by atoms with Crippen molar-refractivity contribution >= 4 is 11.6 Å². The van der Waals surface area contributed by atoms with Crippen LogP contribution in [0.4, 0.5) is 10.1 Å². The Labute approximate surface area is 107 Å². The van der Waals surface area contributed by atoms with Crippen LogP contribution >= 0.6 is 0 Å². The molecule has 0 fully saturated rings. The van der Waals surface area contributed by atoms with E-state index in [0.717, 1.165) is 12.8 Å². The van der Waals surface area contributed by atoms with E-state index in [0.29, 0.717) is 0 Å². The molecule has 18 heavy (non-hydrogen) atoms. The number of rotatable bonds is 5.